The van der Waals surface area contributed by atoms with Gasteiger partial charge in [-0.15, -0.1) is 0 Å². The minimum atomic E-state index is -4.49. The third kappa shape index (κ3) is 5.36. The van der Waals surface area contributed by atoms with Crippen molar-refractivity contribution >= 4 is 23.3 Å². The van der Waals surface area contributed by atoms with Gasteiger partial charge in [0.2, 0.25) is 5.91 Å². The number of benzene rings is 1. The van der Waals surface area contributed by atoms with Crippen molar-refractivity contribution < 1.29 is 27.4 Å². The SMILES string of the molecule is O=C(CN1CCN(c2ncc(C(F)(F)F)cc2Cl)CC1)NC[C@H]1COc2ccccc2O1. The number of piperazine rings is 1. The van der Waals surface area contributed by atoms with Crippen LogP contribution >= 0.6 is 11.6 Å². The number of pyridine rings is 1. The molecule has 1 aromatic carbocycles. The van der Waals surface area contributed by atoms with Crippen molar-refractivity contribution in [3.05, 3.63) is 47.1 Å². The van der Waals surface area contributed by atoms with Crippen LogP contribution in [0.4, 0.5) is 19.0 Å². The molecule has 3 heterocycles. The van der Waals surface area contributed by atoms with Gasteiger partial charge in [-0.25, -0.2) is 4.98 Å². The van der Waals surface area contributed by atoms with Gasteiger partial charge in [-0.3, -0.25) is 9.69 Å². The van der Waals surface area contributed by atoms with Gasteiger partial charge in [-0.2, -0.15) is 13.2 Å². The van der Waals surface area contributed by atoms with Gasteiger partial charge in [0.15, 0.2) is 11.5 Å². The third-order valence-corrected chi connectivity index (χ3v) is 5.56. The monoisotopic (exact) mass is 470 g/mol. The quantitative estimate of drug-likeness (QED) is 0.725. The normalized spacial score (nSPS) is 19.0. The Labute approximate surface area is 188 Å². The first-order valence-corrected chi connectivity index (χ1v) is 10.5. The number of nitrogens with one attached hydrogen (secondary N) is 1. The summed E-state index contributed by atoms with van der Waals surface area (Å²) in [7, 11) is 0. The number of hydrogen-bond acceptors (Lipinski definition) is 6. The maximum atomic E-state index is 12.8. The van der Waals surface area contributed by atoms with Crippen molar-refractivity contribution in [2.24, 2.45) is 0 Å². The highest BCUT2D eigenvalue weighted by atomic mass is 35.5. The summed E-state index contributed by atoms with van der Waals surface area (Å²) < 4.78 is 49.8. The van der Waals surface area contributed by atoms with Crippen LogP contribution in [0, 0.1) is 0 Å². The summed E-state index contributed by atoms with van der Waals surface area (Å²) in [5.41, 5.74) is -0.877. The lowest BCUT2D eigenvalue weighted by Gasteiger charge is -2.35. The van der Waals surface area contributed by atoms with Crippen LogP contribution in [-0.2, 0) is 11.0 Å². The van der Waals surface area contributed by atoms with Crippen LogP contribution in [0.2, 0.25) is 5.02 Å². The molecule has 0 saturated carbocycles. The first-order valence-electron chi connectivity index (χ1n) is 10.1. The second-order valence-electron chi connectivity index (χ2n) is 7.59. The minimum absolute atomic E-state index is 0.0395. The summed E-state index contributed by atoms with van der Waals surface area (Å²) in [5.74, 6) is 1.53. The summed E-state index contributed by atoms with van der Waals surface area (Å²) in [5, 5.41) is 2.82. The lowest BCUT2D eigenvalue weighted by molar-refractivity contribution is -0.137. The van der Waals surface area contributed by atoms with Crippen LogP contribution in [0.25, 0.3) is 0 Å². The molecule has 1 aromatic heterocycles. The number of carbonyl (C=O) groups is 1. The Hall–Kier alpha value is -2.72. The highest BCUT2D eigenvalue weighted by molar-refractivity contribution is 6.33. The lowest BCUT2D eigenvalue weighted by Crippen LogP contribution is -2.51. The molecular formula is C21H22ClF3N4O3. The average Bonchev–Trinajstić information content (AvgIpc) is 2.77. The Bertz CT molecular complexity index is 968. The molecule has 1 N–H and O–H groups in total. The van der Waals surface area contributed by atoms with Crippen LogP contribution in [0.5, 0.6) is 11.5 Å². The standard InChI is InChI=1S/C21H22ClF3N4O3/c22-16-9-14(21(23,24)25)10-27-20(16)29-7-5-28(6-8-29)12-19(30)26-11-15-13-31-17-3-1-2-4-18(17)32-15/h1-4,9-10,15H,5-8,11-13H2,(H,26,30)/t15-/m0/s1. The second kappa shape index (κ2) is 9.41. The van der Waals surface area contributed by atoms with Gasteiger partial charge in [0.25, 0.3) is 0 Å². The van der Waals surface area contributed by atoms with Gasteiger partial charge in [-0.05, 0) is 18.2 Å². The van der Waals surface area contributed by atoms with Gasteiger partial charge in [0.1, 0.15) is 18.5 Å². The summed E-state index contributed by atoms with van der Waals surface area (Å²) in [6.07, 6.45) is -3.96. The number of amides is 1. The summed E-state index contributed by atoms with van der Waals surface area (Å²) >= 11 is 6.03. The number of nitrogens with zero attached hydrogens (tertiary/aromatic N) is 3. The number of carbonyl (C=O) groups excluding carboxylic acids is 1. The van der Waals surface area contributed by atoms with E-state index in [1.807, 2.05) is 34.1 Å². The number of hydrogen-bond donors (Lipinski definition) is 1. The van der Waals surface area contributed by atoms with Crippen LogP contribution < -0.4 is 19.7 Å². The van der Waals surface area contributed by atoms with Crippen molar-refractivity contribution in [2.45, 2.75) is 12.3 Å². The van der Waals surface area contributed by atoms with Crippen LogP contribution in [0.1, 0.15) is 5.56 Å². The summed E-state index contributed by atoms with van der Waals surface area (Å²) in [6.45, 7) is 3.02. The second-order valence-corrected chi connectivity index (χ2v) is 8.00. The maximum Gasteiger partial charge on any atom is 0.417 e. The maximum absolute atomic E-state index is 12.8. The van der Waals surface area contributed by atoms with E-state index >= 15 is 0 Å². The Morgan fingerprint density at radius 1 is 1.19 bits per heavy atom. The smallest absolute Gasteiger partial charge is 0.417 e. The molecule has 1 amide bonds. The number of para-hydroxylation sites is 2. The van der Waals surface area contributed by atoms with Gasteiger partial charge in [0, 0.05) is 32.4 Å². The van der Waals surface area contributed by atoms with E-state index in [2.05, 4.69) is 10.3 Å². The summed E-state index contributed by atoms with van der Waals surface area (Å²) in [4.78, 5) is 20.0. The Kier molecular flexibility index (Phi) is 6.61. The van der Waals surface area contributed by atoms with Gasteiger partial charge >= 0.3 is 6.18 Å². The number of anilines is 1. The van der Waals surface area contributed by atoms with Gasteiger partial charge in [-0.1, -0.05) is 23.7 Å². The highest BCUT2D eigenvalue weighted by Crippen LogP contribution is 2.34. The highest BCUT2D eigenvalue weighted by Gasteiger charge is 2.32. The number of alkyl halides is 3. The number of aromatic nitrogens is 1. The fourth-order valence-electron chi connectivity index (χ4n) is 3.59. The van der Waals surface area contributed by atoms with Crippen molar-refractivity contribution in [3.63, 3.8) is 0 Å². The molecule has 0 aliphatic carbocycles. The van der Waals surface area contributed by atoms with E-state index in [0.717, 1.165) is 12.3 Å². The van der Waals surface area contributed by atoms with Gasteiger partial charge in [0.05, 0.1) is 23.7 Å². The van der Waals surface area contributed by atoms with Crippen molar-refractivity contribution in [1.29, 1.82) is 0 Å². The molecule has 1 saturated heterocycles. The molecule has 0 radical (unpaired) electrons. The molecule has 1 atom stereocenters. The molecule has 7 nitrogen and oxygen atoms in total. The van der Waals surface area contributed by atoms with Crippen LogP contribution in [0.15, 0.2) is 36.5 Å². The molecule has 1 fully saturated rings. The van der Waals surface area contributed by atoms with Crippen LogP contribution in [-0.4, -0.2) is 67.8 Å². The van der Waals surface area contributed by atoms with E-state index in [4.69, 9.17) is 21.1 Å². The molecule has 4 rings (SSSR count). The van der Waals surface area contributed by atoms with Crippen molar-refractivity contribution in [1.82, 2.24) is 15.2 Å². The third-order valence-electron chi connectivity index (χ3n) is 5.28. The number of rotatable bonds is 5. The molecule has 32 heavy (non-hydrogen) atoms. The van der Waals surface area contributed by atoms with E-state index in [1.54, 1.807) is 0 Å². The van der Waals surface area contributed by atoms with E-state index < -0.39 is 11.7 Å². The minimum Gasteiger partial charge on any atom is -0.486 e. The average molecular weight is 471 g/mol. The zero-order valence-electron chi connectivity index (χ0n) is 17.1. The Balaban J connectivity index is 1.22. The topological polar surface area (TPSA) is 66.9 Å². The lowest BCUT2D eigenvalue weighted by atomic mass is 10.2. The Morgan fingerprint density at radius 2 is 1.91 bits per heavy atom. The molecule has 0 bridgehead atoms. The molecular weight excluding hydrogens is 449 g/mol. The fraction of sp³-hybridized carbons (Fsp3) is 0.429. The zero-order valence-corrected chi connectivity index (χ0v) is 17.8. The van der Waals surface area contributed by atoms with E-state index in [1.165, 1.54) is 0 Å². The zero-order chi connectivity index (χ0) is 22.7. The van der Waals surface area contributed by atoms with E-state index in [9.17, 15) is 18.0 Å². The predicted molar refractivity (Wildman–Crippen MR) is 112 cm³/mol. The first kappa shape index (κ1) is 22.5. The first-order chi connectivity index (χ1) is 15.3. The molecule has 2 aromatic rings. The molecule has 0 unspecified atom stereocenters. The predicted octanol–water partition coefficient (Wildman–Crippen LogP) is 2.83. The largest absolute Gasteiger partial charge is 0.486 e. The van der Waals surface area contributed by atoms with Crippen molar-refractivity contribution in [2.75, 3.05) is 50.8 Å². The number of halogens is 4. The molecule has 2 aliphatic heterocycles. The molecule has 11 heteroatoms. The van der Waals surface area contributed by atoms with E-state index in [0.29, 0.717) is 56.6 Å². The number of ether oxygens (including phenoxy) is 2. The van der Waals surface area contributed by atoms with Crippen molar-refractivity contribution in [3.8, 4) is 11.5 Å². The molecule has 0 spiro atoms. The van der Waals surface area contributed by atoms with E-state index in [-0.39, 0.29) is 23.6 Å². The molecule has 172 valence electrons. The Morgan fingerprint density at radius 3 is 2.59 bits per heavy atom. The number of fused-ring (bicyclic) bond motifs is 1. The molecule has 2 aliphatic rings. The summed E-state index contributed by atoms with van der Waals surface area (Å²) in [6, 6.07) is 8.26. The van der Waals surface area contributed by atoms with Gasteiger partial charge < -0.3 is 19.7 Å². The fourth-order valence-corrected chi connectivity index (χ4v) is 3.87. The van der Waals surface area contributed by atoms with Crippen LogP contribution in [0.3, 0.4) is 0 Å².